The first-order chi connectivity index (χ1) is 10.1. The van der Waals surface area contributed by atoms with Gasteiger partial charge in [0.1, 0.15) is 6.04 Å². The summed E-state index contributed by atoms with van der Waals surface area (Å²) in [6, 6.07) is 7.05. The lowest BCUT2D eigenvalue weighted by atomic mass is 10.1. The number of amides is 1. The number of aryl methyl sites for hydroxylation is 1. The topological polar surface area (TPSA) is 62.5 Å². The van der Waals surface area contributed by atoms with Gasteiger partial charge < -0.3 is 14.6 Å². The van der Waals surface area contributed by atoms with E-state index >= 15 is 0 Å². The van der Waals surface area contributed by atoms with Crippen LogP contribution in [0.1, 0.15) is 30.1 Å². The fourth-order valence-electron chi connectivity index (χ4n) is 3.10. The van der Waals surface area contributed by atoms with Crippen LogP contribution in [-0.4, -0.2) is 39.0 Å². The number of nitrogens with zero attached hydrogens (tertiary/aromatic N) is 2. The minimum absolute atomic E-state index is 0.177. The predicted molar refractivity (Wildman–Crippen MR) is 79.3 cm³/mol. The van der Waals surface area contributed by atoms with Crippen molar-refractivity contribution in [2.24, 2.45) is 0 Å². The van der Waals surface area contributed by atoms with Crippen molar-refractivity contribution >= 4 is 22.8 Å². The summed E-state index contributed by atoms with van der Waals surface area (Å²) < 4.78 is 2.02. The molecule has 1 amide bonds. The van der Waals surface area contributed by atoms with E-state index in [2.05, 4.69) is 0 Å². The molecule has 1 aliphatic heterocycles. The highest BCUT2D eigenvalue weighted by molar-refractivity contribution is 6.08. The molecular weight excluding hydrogens is 268 g/mol. The molecular formula is C16H18N2O3. The van der Waals surface area contributed by atoms with Gasteiger partial charge >= 0.3 is 5.97 Å². The maximum Gasteiger partial charge on any atom is 0.326 e. The Balaban J connectivity index is 2.04. The molecule has 1 unspecified atom stereocenters. The molecule has 0 bridgehead atoms. The van der Waals surface area contributed by atoms with Gasteiger partial charge in [0.15, 0.2) is 0 Å². The number of carboxylic acid groups (broad SMARTS) is 1. The van der Waals surface area contributed by atoms with Gasteiger partial charge in [0.2, 0.25) is 0 Å². The number of fused-ring (bicyclic) bond motifs is 1. The van der Waals surface area contributed by atoms with Crippen LogP contribution in [0, 0.1) is 0 Å². The smallest absolute Gasteiger partial charge is 0.326 e. The number of likely N-dealkylation sites (tertiary alicyclic amines) is 1. The minimum Gasteiger partial charge on any atom is -0.480 e. The number of hydrogen-bond donors (Lipinski definition) is 1. The molecule has 1 atom stereocenters. The SMILES string of the molecule is CCn1cc(C(=O)N2CCCC2C(=O)O)c2ccccc21. The zero-order valence-electron chi connectivity index (χ0n) is 12.0. The standard InChI is InChI=1S/C16H18N2O3/c1-2-17-10-12(11-6-3-4-7-13(11)17)15(19)18-9-5-8-14(18)16(20)21/h3-4,6-7,10,14H,2,5,8-9H2,1H3,(H,20,21). The third-order valence-electron chi connectivity index (χ3n) is 4.16. The molecule has 2 heterocycles. The van der Waals surface area contributed by atoms with E-state index in [0.717, 1.165) is 23.9 Å². The van der Waals surface area contributed by atoms with Crippen molar-refractivity contribution < 1.29 is 14.7 Å². The average molecular weight is 286 g/mol. The normalized spacial score (nSPS) is 18.3. The van der Waals surface area contributed by atoms with Crippen molar-refractivity contribution in [2.45, 2.75) is 32.4 Å². The molecule has 21 heavy (non-hydrogen) atoms. The maximum absolute atomic E-state index is 12.8. The second-order valence-electron chi connectivity index (χ2n) is 5.34. The Morgan fingerprint density at radius 3 is 2.81 bits per heavy atom. The van der Waals surface area contributed by atoms with Crippen LogP contribution >= 0.6 is 0 Å². The molecule has 1 fully saturated rings. The largest absolute Gasteiger partial charge is 0.480 e. The Bertz CT molecular complexity index is 705. The summed E-state index contributed by atoms with van der Waals surface area (Å²) in [6.07, 6.45) is 3.12. The zero-order chi connectivity index (χ0) is 15.0. The van der Waals surface area contributed by atoms with Crippen molar-refractivity contribution in [1.29, 1.82) is 0 Å². The summed E-state index contributed by atoms with van der Waals surface area (Å²) in [5.41, 5.74) is 1.61. The molecule has 110 valence electrons. The number of rotatable bonds is 3. The van der Waals surface area contributed by atoms with E-state index in [1.54, 1.807) is 0 Å². The highest BCUT2D eigenvalue weighted by atomic mass is 16.4. The van der Waals surface area contributed by atoms with E-state index in [0.29, 0.717) is 18.5 Å². The highest BCUT2D eigenvalue weighted by Gasteiger charge is 2.35. The first-order valence-electron chi connectivity index (χ1n) is 7.25. The van der Waals surface area contributed by atoms with Crippen LogP contribution in [0.4, 0.5) is 0 Å². The summed E-state index contributed by atoms with van der Waals surface area (Å²) in [6.45, 7) is 3.31. The lowest BCUT2D eigenvalue weighted by Crippen LogP contribution is -2.40. The Hall–Kier alpha value is -2.30. The molecule has 1 N–H and O–H groups in total. The van der Waals surface area contributed by atoms with E-state index in [1.165, 1.54) is 4.90 Å². The van der Waals surface area contributed by atoms with Gasteiger partial charge in [0, 0.05) is 30.2 Å². The van der Waals surface area contributed by atoms with Crippen LogP contribution < -0.4 is 0 Å². The van der Waals surface area contributed by atoms with Crippen LogP contribution in [0.5, 0.6) is 0 Å². The van der Waals surface area contributed by atoms with Gasteiger partial charge in [-0.15, -0.1) is 0 Å². The fraction of sp³-hybridized carbons (Fsp3) is 0.375. The lowest BCUT2D eigenvalue weighted by molar-refractivity contribution is -0.141. The highest BCUT2D eigenvalue weighted by Crippen LogP contribution is 2.26. The van der Waals surface area contributed by atoms with Crippen molar-refractivity contribution in [1.82, 2.24) is 9.47 Å². The number of aliphatic carboxylic acids is 1. The van der Waals surface area contributed by atoms with Gasteiger partial charge in [-0.1, -0.05) is 18.2 Å². The van der Waals surface area contributed by atoms with Gasteiger partial charge in [0.05, 0.1) is 5.56 Å². The van der Waals surface area contributed by atoms with E-state index < -0.39 is 12.0 Å². The van der Waals surface area contributed by atoms with Crippen molar-refractivity contribution in [3.8, 4) is 0 Å². The van der Waals surface area contributed by atoms with Gasteiger partial charge in [-0.05, 0) is 25.8 Å². The summed E-state index contributed by atoms with van der Waals surface area (Å²) >= 11 is 0. The molecule has 1 aromatic heterocycles. The second-order valence-corrected chi connectivity index (χ2v) is 5.34. The third kappa shape index (κ3) is 2.18. The van der Waals surface area contributed by atoms with Gasteiger partial charge in [-0.2, -0.15) is 0 Å². The van der Waals surface area contributed by atoms with Crippen LogP contribution in [0.3, 0.4) is 0 Å². The summed E-state index contributed by atoms with van der Waals surface area (Å²) in [5.74, 6) is -1.09. The molecule has 1 saturated heterocycles. The van der Waals surface area contributed by atoms with Gasteiger partial charge in [-0.3, -0.25) is 4.79 Å². The number of para-hydroxylation sites is 1. The quantitative estimate of drug-likeness (QED) is 0.942. The van der Waals surface area contributed by atoms with Crippen molar-refractivity contribution in [3.05, 3.63) is 36.0 Å². The van der Waals surface area contributed by atoms with Gasteiger partial charge in [0.25, 0.3) is 5.91 Å². The van der Waals surface area contributed by atoms with E-state index in [-0.39, 0.29) is 5.91 Å². The molecule has 0 aliphatic carbocycles. The van der Waals surface area contributed by atoms with Crippen molar-refractivity contribution in [2.75, 3.05) is 6.54 Å². The molecule has 5 heteroatoms. The summed E-state index contributed by atoms with van der Waals surface area (Å²) in [5, 5.41) is 10.1. The zero-order valence-corrected chi connectivity index (χ0v) is 12.0. The number of benzene rings is 1. The molecule has 0 saturated carbocycles. The molecule has 0 spiro atoms. The molecule has 0 radical (unpaired) electrons. The fourth-order valence-corrected chi connectivity index (χ4v) is 3.10. The van der Waals surface area contributed by atoms with Crippen molar-refractivity contribution in [3.63, 3.8) is 0 Å². The van der Waals surface area contributed by atoms with Crippen LogP contribution in [0.2, 0.25) is 0 Å². The Morgan fingerprint density at radius 1 is 1.33 bits per heavy atom. The average Bonchev–Trinajstić information content (AvgIpc) is 3.11. The second kappa shape index (κ2) is 5.24. The molecule has 3 rings (SSSR count). The summed E-state index contributed by atoms with van der Waals surface area (Å²) in [7, 11) is 0. The first kappa shape index (κ1) is 13.7. The minimum atomic E-state index is -0.917. The van der Waals surface area contributed by atoms with E-state index in [4.69, 9.17) is 0 Å². The van der Waals surface area contributed by atoms with Crippen LogP contribution in [-0.2, 0) is 11.3 Å². The Morgan fingerprint density at radius 2 is 2.10 bits per heavy atom. The molecule has 5 nitrogen and oxygen atoms in total. The molecule has 1 aliphatic rings. The summed E-state index contributed by atoms with van der Waals surface area (Å²) in [4.78, 5) is 25.5. The lowest BCUT2D eigenvalue weighted by Gasteiger charge is -2.21. The predicted octanol–water partition coefficient (Wildman–Crippen LogP) is 2.35. The third-order valence-corrected chi connectivity index (χ3v) is 4.16. The number of carbonyl (C=O) groups is 2. The van der Waals surface area contributed by atoms with E-state index in [1.807, 2.05) is 42.0 Å². The monoisotopic (exact) mass is 286 g/mol. The number of carboxylic acids is 1. The molecule has 2 aromatic rings. The Kier molecular flexibility index (Phi) is 3.41. The number of aromatic nitrogens is 1. The van der Waals surface area contributed by atoms with Crippen LogP contribution in [0.25, 0.3) is 10.9 Å². The Labute approximate surface area is 122 Å². The number of carbonyl (C=O) groups excluding carboxylic acids is 1. The van der Waals surface area contributed by atoms with Crippen LogP contribution in [0.15, 0.2) is 30.5 Å². The van der Waals surface area contributed by atoms with Gasteiger partial charge in [-0.25, -0.2) is 4.79 Å². The molecule has 1 aromatic carbocycles. The van der Waals surface area contributed by atoms with E-state index in [9.17, 15) is 14.7 Å². The maximum atomic E-state index is 12.8. The number of hydrogen-bond acceptors (Lipinski definition) is 2. The first-order valence-corrected chi connectivity index (χ1v) is 7.25.